The lowest BCUT2D eigenvalue weighted by molar-refractivity contribution is -0.138. The summed E-state index contributed by atoms with van der Waals surface area (Å²) in [5, 5.41) is 0. The summed E-state index contributed by atoms with van der Waals surface area (Å²) in [6.45, 7) is 6.83. The van der Waals surface area contributed by atoms with Gasteiger partial charge in [-0.25, -0.2) is 12.8 Å². The first kappa shape index (κ1) is 19.3. The predicted octanol–water partition coefficient (Wildman–Crippen LogP) is 1.39. The summed E-state index contributed by atoms with van der Waals surface area (Å²) in [7, 11) is -3.70. The maximum Gasteiger partial charge on any atom is 0.243 e. The Labute approximate surface area is 154 Å². The van der Waals surface area contributed by atoms with Crippen molar-refractivity contribution >= 4 is 15.9 Å². The van der Waals surface area contributed by atoms with Crippen molar-refractivity contribution in [1.29, 1.82) is 0 Å². The SMILES string of the molecule is CCN1CCN(C(=O)[C@H]2CCCN(S(=O)(=O)c3ccc(F)cc3)C2)CC1. The van der Waals surface area contributed by atoms with E-state index in [0.29, 0.717) is 32.5 Å². The molecule has 1 amide bonds. The van der Waals surface area contributed by atoms with E-state index in [9.17, 15) is 17.6 Å². The highest BCUT2D eigenvalue weighted by Gasteiger charge is 2.35. The van der Waals surface area contributed by atoms with Crippen LogP contribution in [0.5, 0.6) is 0 Å². The number of piperazine rings is 1. The fourth-order valence-corrected chi connectivity index (χ4v) is 5.18. The molecule has 2 fully saturated rings. The maximum absolute atomic E-state index is 13.1. The minimum absolute atomic E-state index is 0.0553. The maximum atomic E-state index is 13.1. The van der Waals surface area contributed by atoms with Crippen molar-refractivity contribution in [1.82, 2.24) is 14.1 Å². The van der Waals surface area contributed by atoms with E-state index in [1.165, 1.54) is 16.4 Å². The van der Waals surface area contributed by atoms with E-state index >= 15 is 0 Å². The van der Waals surface area contributed by atoms with Gasteiger partial charge in [0, 0.05) is 39.3 Å². The fraction of sp³-hybridized carbons (Fsp3) is 0.611. The molecular formula is C18H26FN3O3S. The van der Waals surface area contributed by atoms with Gasteiger partial charge in [-0.2, -0.15) is 4.31 Å². The molecule has 2 heterocycles. The lowest BCUT2D eigenvalue weighted by Gasteiger charge is -2.38. The van der Waals surface area contributed by atoms with Gasteiger partial charge in [-0.1, -0.05) is 6.92 Å². The summed E-state index contributed by atoms with van der Waals surface area (Å²) in [5.74, 6) is -0.714. The highest BCUT2D eigenvalue weighted by atomic mass is 32.2. The van der Waals surface area contributed by atoms with Crippen molar-refractivity contribution in [2.75, 3.05) is 45.8 Å². The van der Waals surface area contributed by atoms with Crippen LogP contribution in [0, 0.1) is 11.7 Å². The van der Waals surface area contributed by atoms with Gasteiger partial charge in [-0.15, -0.1) is 0 Å². The predicted molar refractivity (Wildman–Crippen MR) is 96.6 cm³/mol. The number of sulfonamides is 1. The Balaban J connectivity index is 1.67. The van der Waals surface area contributed by atoms with Crippen LogP contribution in [-0.4, -0.2) is 74.2 Å². The van der Waals surface area contributed by atoms with Crippen LogP contribution in [0.25, 0.3) is 0 Å². The summed E-state index contributed by atoms with van der Waals surface area (Å²) >= 11 is 0. The van der Waals surface area contributed by atoms with E-state index in [-0.39, 0.29) is 23.3 Å². The summed E-state index contributed by atoms with van der Waals surface area (Å²) in [4.78, 5) is 17.1. The van der Waals surface area contributed by atoms with Gasteiger partial charge in [0.25, 0.3) is 0 Å². The number of hydrogen-bond acceptors (Lipinski definition) is 4. The van der Waals surface area contributed by atoms with E-state index in [0.717, 1.165) is 31.8 Å². The van der Waals surface area contributed by atoms with Crippen LogP contribution in [0.4, 0.5) is 4.39 Å². The van der Waals surface area contributed by atoms with Crippen LogP contribution in [0.1, 0.15) is 19.8 Å². The molecule has 0 aliphatic carbocycles. The molecule has 0 unspecified atom stereocenters. The first-order valence-corrected chi connectivity index (χ1v) is 10.6. The van der Waals surface area contributed by atoms with Gasteiger partial charge >= 0.3 is 0 Å². The topological polar surface area (TPSA) is 60.9 Å². The Morgan fingerprint density at radius 2 is 1.77 bits per heavy atom. The van der Waals surface area contributed by atoms with Crippen LogP contribution in [0.15, 0.2) is 29.2 Å². The molecule has 8 heteroatoms. The Hall–Kier alpha value is -1.51. The molecule has 1 aromatic carbocycles. The second-order valence-electron chi connectivity index (χ2n) is 6.92. The van der Waals surface area contributed by atoms with E-state index in [2.05, 4.69) is 11.8 Å². The zero-order valence-corrected chi connectivity index (χ0v) is 15.9. The third-order valence-corrected chi connectivity index (χ3v) is 7.20. The summed E-state index contributed by atoms with van der Waals surface area (Å²) in [6, 6.07) is 4.85. The molecule has 2 saturated heterocycles. The fourth-order valence-electron chi connectivity index (χ4n) is 3.66. The quantitative estimate of drug-likeness (QED) is 0.788. The van der Waals surface area contributed by atoms with Gasteiger partial charge in [0.2, 0.25) is 15.9 Å². The highest BCUT2D eigenvalue weighted by molar-refractivity contribution is 7.89. The Kier molecular flexibility index (Phi) is 5.94. The Bertz CT molecular complexity index is 731. The second-order valence-corrected chi connectivity index (χ2v) is 8.85. The van der Waals surface area contributed by atoms with Gasteiger partial charge in [0.1, 0.15) is 5.82 Å². The Morgan fingerprint density at radius 3 is 2.38 bits per heavy atom. The van der Waals surface area contributed by atoms with Crippen molar-refractivity contribution in [3.63, 3.8) is 0 Å². The first-order valence-electron chi connectivity index (χ1n) is 9.18. The van der Waals surface area contributed by atoms with Gasteiger partial charge in [0.05, 0.1) is 10.8 Å². The molecule has 26 heavy (non-hydrogen) atoms. The van der Waals surface area contributed by atoms with Crippen LogP contribution in [0.3, 0.4) is 0 Å². The molecule has 3 rings (SSSR count). The van der Waals surface area contributed by atoms with E-state index in [1.807, 2.05) is 4.90 Å². The van der Waals surface area contributed by atoms with Gasteiger partial charge in [0.15, 0.2) is 0 Å². The molecule has 144 valence electrons. The van der Waals surface area contributed by atoms with Gasteiger partial charge in [-0.05, 0) is 43.7 Å². The number of carbonyl (C=O) groups excluding carboxylic acids is 1. The molecule has 0 spiro atoms. The number of amides is 1. The number of hydrogen-bond donors (Lipinski definition) is 0. The standard InChI is InChI=1S/C18H26FN3O3S/c1-2-20-10-12-21(13-11-20)18(23)15-4-3-9-22(14-15)26(24,25)17-7-5-16(19)6-8-17/h5-8,15H,2-4,9-14H2,1H3/t15-/m0/s1. The molecule has 0 radical (unpaired) electrons. The lowest BCUT2D eigenvalue weighted by Crippen LogP contribution is -2.52. The summed E-state index contributed by atoms with van der Waals surface area (Å²) < 4.78 is 40.0. The number of carbonyl (C=O) groups is 1. The van der Waals surface area contributed by atoms with Crippen molar-refractivity contribution < 1.29 is 17.6 Å². The van der Waals surface area contributed by atoms with Crippen molar-refractivity contribution in [3.8, 4) is 0 Å². The van der Waals surface area contributed by atoms with Crippen LogP contribution in [-0.2, 0) is 14.8 Å². The van der Waals surface area contributed by atoms with E-state index in [1.54, 1.807) is 0 Å². The van der Waals surface area contributed by atoms with Crippen LogP contribution in [0.2, 0.25) is 0 Å². The summed E-state index contributed by atoms with van der Waals surface area (Å²) in [5.41, 5.74) is 0. The van der Waals surface area contributed by atoms with Crippen LogP contribution >= 0.6 is 0 Å². The average molecular weight is 383 g/mol. The van der Waals surface area contributed by atoms with Crippen molar-refractivity contribution in [2.24, 2.45) is 5.92 Å². The minimum atomic E-state index is -3.70. The van der Waals surface area contributed by atoms with Crippen molar-refractivity contribution in [2.45, 2.75) is 24.7 Å². The summed E-state index contributed by atoms with van der Waals surface area (Å²) in [6.07, 6.45) is 1.37. The number of rotatable bonds is 4. The average Bonchev–Trinajstić information content (AvgIpc) is 2.68. The zero-order valence-electron chi connectivity index (χ0n) is 15.1. The number of benzene rings is 1. The third kappa shape index (κ3) is 4.07. The monoisotopic (exact) mass is 383 g/mol. The third-order valence-electron chi connectivity index (χ3n) is 5.32. The molecule has 2 aliphatic heterocycles. The largest absolute Gasteiger partial charge is 0.340 e. The number of likely N-dealkylation sites (N-methyl/N-ethyl adjacent to an activating group) is 1. The normalized spacial score (nSPS) is 23.2. The zero-order chi connectivity index (χ0) is 18.7. The van der Waals surface area contributed by atoms with Crippen LogP contribution < -0.4 is 0 Å². The lowest BCUT2D eigenvalue weighted by atomic mass is 9.98. The molecule has 0 bridgehead atoms. The van der Waals surface area contributed by atoms with Crippen molar-refractivity contribution in [3.05, 3.63) is 30.1 Å². The first-order chi connectivity index (χ1) is 12.4. The molecule has 1 atom stereocenters. The molecular weight excluding hydrogens is 357 g/mol. The number of halogens is 1. The molecule has 2 aliphatic rings. The smallest absolute Gasteiger partial charge is 0.243 e. The molecule has 0 aromatic heterocycles. The molecule has 0 saturated carbocycles. The highest BCUT2D eigenvalue weighted by Crippen LogP contribution is 2.25. The van der Waals surface area contributed by atoms with Gasteiger partial charge < -0.3 is 9.80 Å². The number of nitrogens with zero attached hydrogens (tertiary/aromatic N) is 3. The molecule has 0 N–H and O–H groups in total. The number of piperidine rings is 1. The molecule has 6 nitrogen and oxygen atoms in total. The van der Waals surface area contributed by atoms with E-state index in [4.69, 9.17) is 0 Å². The van der Waals surface area contributed by atoms with Gasteiger partial charge in [-0.3, -0.25) is 4.79 Å². The minimum Gasteiger partial charge on any atom is -0.340 e. The second kappa shape index (κ2) is 8.02. The molecule has 1 aromatic rings. The van der Waals surface area contributed by atoms with E-state index < -0.39 is 15.8 Å². The Morgan fingerprint density at radius 1 is 1.12 bits per heavy atom.